The Morgan fingerprint density at radius 2 is 2.36 bits per heavy atom. The predicted octanol–water partition coefficient (Wildman–Crippen LogP) is 0.804. The highest BCUT2D eigenvalue weighted by molar-refractivity contribution is 5.79. The summed E-state index contributed by atoms with van der Waals surface area (Å²) >= 11 is 0. The van der Waals surface area contributed by atoms with Crippen molar-refractivity contribution in [3.63, 3.8) is 0 Å². The maximum atomic E-state index is 5.34. The molecule has 1 heterocycles. The van der Waals surface area contributed by atoms with E-state index < -0.39 is 0 Å². The highest BCUT2D eigenvalue weighted by Gasteiger charge is 2.26. The van der Waals surface area contributed by atoms with Crippen molar-refractivity contribution in [3.8, 4) is 0 Å². The highest BCUT2D eigenvalue weighted by atomic mass is 15.4. The molecule has 1 aliphatic rings. The fourth-order valence-corrected chi connectivity index (χ4v) is 1.92. The average Bonchev–Trinajstić information content (AvgIpc) is 2.63. The van der Waals surface area contributed by atoms with Gasteiger partial charge >= 0.3 is 0 Å². The second-order valence-electron chi connectivity index (χ2n) is 4.22. The zero-order valence-corrected chi connectivity index (χ0v) is 9.45. The predicted molar refractivity (Wildman–Crippen MR) is 59.8 cm³/mol. The molecule has 0 amide bonds. The van der Waals surface area contributed by atoms with Crippen LogP contribution in [0.1, 0.15) is 27.2 Å². The smallest absolute Gasteiger partial charge is 0.216 e. The van der Waals surface area contributed by atoms with Crippen LogP contribution in [0, 0.1) is 11.8 Å². The van der Waals surface area contributed by atoms with E-state index in [0.717, 1.165) is 37.4 Å². The Morgan fingerprint density at radius 1 is 1.64 bits per heavy atom. The van der Waals surface area contributed by atoms with Gasteiger partial charge in [-0.15, -0.1) is 5.10 Å². The molecular formula is C10H22N4. The Bertz CT molecular complexity index is 200. The van der Waals surface area contributed by atoms with Crippen LogP contribution < -0.4 is 11.2 Å². The summed E-state index contributed by atoms with van der Waals surface area (Å²) < 4.78 is 0. The van der Waals surface area contributed by atoms with Gasteiger partial charge in [-0.2, -0.15) is 0 Å². The first-order valence-corrected chi connectivity index (χ1v) is 5.45. The van der Waals surface area contributed by atoms with Gasteiger partial charge < -0.3 is 16.1 Å². The Labute approximate surface area is 86.5 Å². The molecule has 0 aromatic rings. The molecule has 14 heavy (non-hydrogen) atoms. The number of nitrogens with one attached hydrogen (secondary N) is 1. The van der Waals surface area contributed by atoms with E-state index in [1.165, 1.54) is 6.42 Å². The van der Waals surface area contributed by atoms with Crippen molar-refractivity contribution >= 4 is 5.96 Å². The van der Waals surface area contributed by atoms with Gasteiger partial charge in [-0.3, -0.25) is 0 Å². The fourth-order valence-electron chi connectivity index (χ4n) is 1.92. The maximum Gasteiger partial charge on any atom is 0.216 e. The first-order chi connectivity index (χ1) is 6.69. The third kappa shape index (κ3) is 2.53. The summed E-state index contributed by atoms with van der Waals surface area (Å²) in [5, 5.41) is 6.97. The number of guanidine groups is 1. The largest absolute Gasteiger partial charge is 0.355 e. The van der Waals surface area contributed by atoms with Gasteiger partial charge in [-0.05, 0) is 25.2 Å². The molecule has 4 nitrogen and oxygen atoms in total. The van der Waals surface area contributed by atoms with Crippen LogP contribution in [0.3, 0.4) is 0 Å². The number of hydrazone groups is 1. The molecule has 1 atom stereocenters. The molecule has 82 valence electrons. The van der Waals surface area contributed by atoms with E-state index in [-0.39, 0.29) is 0 Å². The van der Waals surface area contributed by atoms with Gasteiger partial charge in [0.15, 0.2) is 0 Å². The molecule has 0 aromatic heterocycles. The van der Waals surface area contributed by atoms with Crippen LogP contribution >= 0.6 is 0 Å². The first kappa shape index (κ1) is 11.1. The summed E-state index contributed by atoms with van der Waals surface area (Å²) in [5.74, 6) is 7.72. The summed E-state index contributed by atoms with van der Waals surface area (Å²) in [6, 6.07) is 0. The Kier molecular flexibility index (Phi) is 4.04. The second-order valence-corrected chi connectivity index (χ2v) is 4.22. The van der Waals surface area contributed by atoms with Gasteiger partial charge in [0.2, 0.25) is 5.96 Å². The van der Waals surface area contributed by atoms with Crippen LogP contribution in [-0.4, -0.2) is 30.5 Å². The van der Waals surface area contributed by atoms with Crippen LogP contribution in [-0.2, 0) is 0 Å². The van der Waals surface area contributed by atoms with Crippen LogP contribution in [0.5, 0.6) is 0 Å². The van der Waals surface area contributed by atoms with Crippen LogP contribution in [0.15, 0.2) is 5.10 Å². The SMILES string of the molecule is CCN/C(=N\N)N1CC[C@H](C(C)C)C1. The number of hydrogen-bond acceptors (Lipinski definition) is 2. The van der Waals surface area contributed by atoms with E-state index in [9.17, 15) is 0 Å². The molecule has 0 aliphatic carbocycles. The normalized spacial score (nSPS) is 23.3. The van der Waals surface area contributed by atoms with E-state index in [2.05, 4.69) is 36.1 Å². The molecule has 4 heteroatoms. The molecule has 1 saturated heterocycles. The van der Waals surface area contributed by atoms with E-state index in [0.29, 0.717) is 0 Å². The molecule has 0 aromatic carbocycles. The summed E-state index contributed by atoms with van der Waals surface area (Å²) in [6.07, 6.45) is 1.25. The van der Waals surface area contributed by atoms with Gasteiger partial charge in [-0.1, -0.05) is 13.8 Å². The Balaban J connectivity index is 2.48. The minimum Gasteiger partial charge on any atom is -0.355 e. The van der Waals surface area contributed by atoms with E-state index in [1.54, 1.807) is 0 Å². The number of hydrogen-bond donors (Lipinski definition) is 2. The lowest BCUT2D eigenvalue weighted by atomic mass is 9.95. The van der Waals surface area contributed by atoms with Crippen LogP contribution in [0.25, 0.3) is 0 Å². The van der Waals surface area contributed by atoms with Gasteiger partial charge in [-0.25, -0.2) is 0 Å². The van der Waals surface area contributed by atoms with Crippen molar-refractivity contribution in [2.75, 3.05) is 19.6 Å². The molecule has 1 rings (SSSR count). The minimum atomic E-state index is 0.751. The van der Waals surface area contributed by atoms with Crippen LogP contribution in [0.4, 0.5) is 0 Å². The summed E-state index contributed by atoms with van der Waals surface area (Å²) in [6.45, 7) is 9.65. The Morgan fingerprint density at radius 3 is 2.79 bits per heavy atom. The van der Waals surface area contributed by atoms with Gasteiger partial charge in [0, 0.05) is 19.6 Å². The van der Waals surface area contributed by atoms with Gasteiger partial charge in [0.05, 0.1) is 0 Å². The third-order valence-electron chi connectivity index (χ3n) is 2.92. The molecular weight excluding hydrogens is 176 g/mol. The number of rotatable bonds is 2. The average molecular weight is 198 g/mol. The lowest BCUT2D eigenvalue weighted by molar-refractivity contribution is 0.384. The minimum absolute atomic E-state index is 0.751. The molecule has 0 unspecified atom stereocenters. The van der Waals surface area contributed by atoms with Crippen molar-refractivity contribution < 1.29 is 0 Å². The van der Waals surface area contributed by atoms with Crippen molar-refractivity contribution in [3.05, 3.63) is 0 Å². The topological polar surface area (TPSA) is 53.6 Å². The van der Waals surface area contributed by atoms with Crippen molar-refractivity contribution in [1.82, 2.24) is 10.2 Å². The molecule has 3 N–H and O–H groups in total. The lowest BCUT2D eigenvalue weighted by Crippen LogP contribution is -2.40. The van der Waals surface area contributed by atoms with Gasteiger partial charge in [0.1, 0.15) is 0 Å². The highest BCUT2D eigenvalue weighted by Crippen LogP contribution is 2.23. The fraction of sp³-hybridized carbons (Fsp3) is 0.900. The van der Waals surface area contributed by atoms with Crippen molar-refractivity contribution in [2.45, 2.75) is 27.2 Å². The molecule has 0 saturated carbocycles. The number of likely N-dealkylation sites (tertiary alicyclic amines) is 1. The molecule has 0 spiro atoms. The van der Waals surface area contributed by atoms with E-state index in [4.69, 9.17) is 5.84 Å². The third-order valence-corrected chi connectivity index (χ3v) is 2.92. The Hall–Kier alpha value is -0.930. The molecule has 1 fully saturated rings. The summed E-state index contributed by atoms with van der Waals surface area (Å²) in [7, 11) is 0. The van der Waals surface area contributed by atoms with E-state index >= 15 is 0 Å². The zero-order valence-electron chi connectivity index (χ0n) is 9.45. The number of nitrogens with two attached hydrogens (primary N) is 1. The van der Waals surface area contributed by atoms with Crippen molar-refractivity contribution in [1.29, 1.82) is 0 Å². The quantitative estimate of drug-likeness (QED) is 0.299. The molecule has 1 aliphatic heterocycles. The lowest BCUT2D eigenvalue weighted by Gasteiger charge is -2.21. The monoisotopic (exact) mass is 198 g/mol. The summed E-state index contributed by atoms with van der Waals surface area (Å²) in [4.78, 5) is 2.24. The first-order valence-electron chi connectivity index (χ1n) is 5.45. The maximum absolute atomic E-state index is 5.34. The van der Waals surface area contributed by atoms with E-state index in [1.807, 2.05) is 0 Å². The number of nitrogens with zero attached hydrogens (tertiary/aromatic N) is 2. The van der Waals surface area contributed by atoms with Gasteiger partial charge in [0.25, 0.3) is 0 Å². The molecule has 0 bridgehead atoms. The summed E-state index contributed by atoms with van der Waals surface area (Å²) in [5.41, 5.74) is 0. The standard InChI is InChI=1S/C10H22N4/c1-4-12-10(13-11)14-6-5-9(7-14)8(2)3/h8-9H,4-7,11H2,1-3H3,(H,12,13)/t9-/m0/s1. The second kappa shape index (κ2) is 5.08. The van der Waals surface area contributed by atoms with Crippen LogP contribution in [0.2, 0.25) is 0 Å². The molecule has 0 radical (unpaired) electrons. The zero-order chi connectivity index (χ0) is 10.6. The van der Waals surface area contributed by atoms with Crippen molar-refractivity contribution in [2.24, 2.45) is 22.8 Å².